The van der Waals surface area contributed by atoms with Crippen molar-refractivity contribution in [2.45, 2.75) is 32.3 Å². The van der Waals surface area contributed by atoms with Crippen LogP contribution in [0, 0.1) is 5.92 Å². The lowest BCUT2D eigenvalue weighted by molar-refractivity contribution is -0.188. The zero-order valence-electron chi connectivity index (χ0n) is 9.67. The lowest BCUT2D eigenvalue weighted by Crippen LogP contribution is -2.52. The van der Waals surface area contributed by atoms with Crippen LogP contribution in [0.5, 0.6) is 0 Å². The maximum absolute atomic E-state index is 11.2. The molecule has 7 heteroatoms. The Labute approximate surface area is 98.0 Å². The van der Waals surface area contributed by atoms with Crippen LogP contribution >= 0.6 is 0 Å². The molecule has 0 bridgehead atoms. The average molecular weight is 248 g/mol. The molecule has 2 atom stereocenters. The van der Waals surface area contributed by atoms with Crippen LogP contribution in [-0.4, -0.2) is 45.4 Å². The molecular weight excluding hydrogens is 232 g/mol. The molecule has 3 N–H and O–H groups in total. The minimum absolute atomic E-state index is 0.0328. The van der Waals surface area contributed by atoms with Gasteiger partial charge in [-0.3, -0.25) is 9.59 Å². The maximum atomic E-state index is 11.2. The summed E-state index contributed by atoms with van der Waals surface area (Å²) in [5, 5.41) is 26.8. The van der Waals surface area contributed by atoms with E-state index in [9.17, 15) is 14.4 Å². The molecule has 0 amide bonds. The van der Waals surface area contributed by atoms with Gasteiger partial charge in [0.2, 0.25) is 0 Å². The Hall–Kier alpha value is -1.63. The van der Waals surface area contributed by atoms with Gasteiger partial charge in [-0.05, 0) is 13.3 Å². The maximum Gasteiger partial charge on any atom is 0.337 e. The Morgan fingerprint density at radius 1 is 1.18 bits per heavy atom. The molecule has 0 aliphatic heterocycles. The quantitative estimate of drug-likeness (QED) is 0.569. The summed E-state index contributed by atoms with van der Waals surface area (Å²) >= 11 is 0. The first kappa shape index (κ1) is 15.4. The van der Waals surface area contributed by atoms with Gasteiger partial charge < -0.3 is 20.1 Å². The van der Waals surface area contributed by atoms with Crippen LogP contribution in [0.3, 0.4) is 0 Å². The molecule has 7 nitrogen and oxygen atoms in total. The smallest absolute Gasteiger partial charge is 0.337 e. The molecule has 0 aromatic rings. The van der Waals surface area contributed by atoms with E-state index in [1.54, 1.807) is 0 Å². The molecule has 0 aliphatic rings. The van der Waals surface area contributed by atoms with Crippen molar-refractivity contribution in [3.63, 3.8) is 0 Å². The van der Waals surface area contributed by atoms with E-state index in [2.05, 4.69) is 0 Å². The second kappa shape index (κ2) is 6.19. The van der Waals surface area contributed by atoms with E-state index < -0.39 is 35.8 Å². The number of hydrogen-bond donors (Lipinski definition) is 3. The predicted molar refractivity (Wildman–Crippen MR) is 55.7 cm³/mol. The molecule has 0 aromatic carbocycles. The first-order chi connectivity index (χ1) is 7.81. The minimum atomic E-state index is -2.22. The minimum Gasteiger partial charge on any atom is -0.481 e. The van der Waals surface area contributed by atoms with E-state index in [1.807, 2.05) is 0 Å². The largest absolute Gasteiger partial charge is 0.481 e. The molecule has 0 saturated carbocycles. The molecule has 2 unspecified atom stereocenters. The van der Waals surface area contributed by atoms with Crippen molar-refractivity contribution >= 4 is 17.9 Å². The molecule has 98 valence electrons. The van der Waals surface area contributed by atoms with Crippen LogP contribution in [0.25, 0.3) is 0 Å². The summed E-state index contributed by atoms with van der Waals surface area (Å²) in [4.78, 5) is 32.9. The van der Waals surface area contributed by atoms with Gasteiger partial charge in [0.25, 0.3) is 0 Å². The first-order valence-electron chi connectivity index (χ1n) is 5.13. The number of aliphatic carboxylic acids is 3. The van der Waals surface area contributed by atoms with Crippen molar-refractivity contribution in [2.75, 3.05) is 6.61 Å². The van der Waals surface area contributed by atoms with E-state index in [0.29, 0.717) is 0 Å². The fraction of sp³-hybridized carbons (Fsp3) is 0.700. The van der Waals surface area contributed by atoms with E-state index in [0.717, 1.165) is 0 Å². The van der Waals surface area contributed by atoms with Crippen molar-refractivity contribution in [3.8, 4) is 0 Å². The zero-order chi connectivity index (χ0) is 13.6. The summed E-state index contributed by atoms with van der Waals surface area (Å²) in [5.41, 5.74) is -2.22. The number of carboxylic acid groups (broad SMARTS) is 3. The van der Waals surface area contributed by atoms with Gasteiger partial charge in [0, 0.05) is 6.61 Å². The highest BCUT2D eigenvalue weighted by Crippen LogP contribution is 2.30. The summed E-state index contributed by atoms with van der Waals surface area (Å²) < 4.78 is 4.96. The Bertz CT molecular complexity index is 312. The van der Waals surface area contributed by atoms with Crippen LogP contribution in [0.2, 0.25) is 0 Å². The Balaban J connectivity index is 5.49. The van der Waals surface area contributed by atoms with Crippen molar-refractivity contribution < 1.29 is 34.4 Å². The highest BCUT2D eigenvalue weighted by Gasteiger charge is 2.51. The van der Waals surface area contributed by atoms with Crippen LogP contribution in [-0.2, 0) is 19.1 Å². The van der Waals surface area contributed by atoms with Gasteiger partial charge in [-0.2, -0.15) is 0 Å². The Morgan fingerprint density at radius 3 is 1.94 bits per heavy atom. The standard InChI is InChI=1S/C10H16O7/c1-3-6(8(13)14)10(9(15)16,17-4-2)5-7(11)12/h6H,3-5H2,1-2H3,(H,11,12)(H,13,14)(H,15,16). The normalized spacial score (nSPS) is 15.9. The average Bonchev–Trinajstić information content (AvgIpc) is 2.16. The summed E-state index contributed by atoms with van der Waals surface area (Å²) in [6.07, 6.45) is -0.921. The Kier molecular flexibility index (Phi) is 5.60. The fourth-order valence-electron chi connectivity index (χ4n) is 1.75. The highest BCUT2D eigenvalue weighted by molar-refractivity contribution is 5.89. The zero-order valence-corrected chi connectivity index (χ0v) is 9.67. The van der Waals surface area contributed by atoms with Crippen molar-refractivity contribution in [1.82, 2.24) is 0 Å². The molecule has 0 aliphatic carbocycles. The Morgan fingerprint density at radius 2 is 1.71 bits per heavy atom. The number of rotatable bonds is 8. The van der Waals surface area contributed by atoms with E-state index in [1.165, 1.54) is 13.8 Å². The lowest BCUT2D eigenvalue weighted by atomic mass is 9.82. The van der Waals surface area contributed by atoms with Crippen LogP contribution in [0.15, 0.2) is 0 Å². The monoisotopic (exact) mass is 248 g/mol. The second-order valence-corrected chi connectivity index (χ2v) is 3.50. The summed E-state index contributed by atoms with van der Waals surface area (Å²) in [7, 11) is 0. The van der Waals surface area contributed by atoms with E-state index >= 15 is 0 Å². The van der Waals surface area contributed by atoms with Gasteiger partial charge >= 0.3 is 17.9 Å². The molecule has 17 heavy (non-hydrogen) atoms. The molecule has 0 saturated heterocycles. The third-order valence-electron chi connectivity index (χ3n) is 2.45. The van der Waals surface area contributed by atoms with E-state index in [-0.39, 0.29) is 13.0 Å². The van der Waals surface area contributed by atoms with Crippen molar-refractivity contribution in [3.05, 3.63) is 0 Å². The molecule has 0 aromatic heterocycles. The summed E-state index contributed by atoms with van der Waals surface area (Å²) in [6.45, 7) is 2.87. The van der Waals surface area contributed by atoms with Crippen LogP contribution < -0.4 is 0 Å². The number of hydrogen-bond acceptors (Lipinski definition) is 4. The summed E-state index contributed by atoms with van der Waals surface area (Å²) in [6, 6.07) is 0. The highest BCUT2D eigenvalue weighted by atomic mass is 16.5. The van der Waals surface area contributed by atoms with Gasteiger partial charge in [0.1, 0.15) is 0 Å². The number of ether oxygens (including phenoxy) is 1. The van der Waals surface area contributed by atoms with Crippen molar-refractivity contribution in [2.24, 2.45) is 5.92 Å². The van der Waals surface area contributed by atoms with Crippen LogP contribution in [0.4, 0.5) is 0 Å². The first-order valence-corrected chi connectivity index (χ1v) is 5.13. The molecule has 0 fully saturated rings. The molecule has 0 radical (unpaired) electrons. The third-order valence-corrected chi connectivity index (χ3v) is 2.45. The SMILES string of the molecule is CCOC(CC(=O)O)(C(=O)O)C(CC)C(=O)O. The predicted octanol–water partition coefficient (Wildman–Crippen LogP) is 0.432. The lowest BCUT2D eigenvalue weighted by Gasteiger charge is -2.32. The second-order valence-electron chi connectivity index (χ2n) is 3.50. The van der Waals surface area contributed by atoms with E-state index in [4.69, 9.17) is 20.1 Å². The molecular formula is C10H16O7. The van der Waals surface area contributed by atoms with Crippen LogP contribution in [0.1, 0.15) is 26.7 Å². The fourth-order valence-corrected chi connectivity index (χ4v) is 1.75. The molecule has 0 spiro atoms. The molecule has 0 heterocycles. The number of carboxylic acids is 3. The van der Waals surface area contributed by atoms with Crippen molar-refractivity contribution in [1.29, 1.82) is 0 Å². The molecule has 0 rings (SSSR count). The van der Waals surface area contributed by atoms with Gasteiger partial charge in [-0.25, -0.2) is 4.79 Å². The van der Waals surface area contributed by atoms with Gasteiger partial charge in [0.05, 0.1) is 12.3 Å². The topological polar surface area (TPSA) is 121 Å². The summed E-state index contributed by atoms with van der Waals surface area (Å²) in [5.74, 6) is -5.78. The third kappa shape index (κ3) is 3.42. The van der Waals surface area contributed by atoms with Gasteiger partial charge in [-0.1, -0.05) is 6.92 Å². The number of carbonyl (C=O) groups is 3. The van der Waals surface area contributed by atoms with Gasteiger partial charge in [-0.15, -0.1) is 0 Å². The van der Waals surface area contributed by atoms with Gasteiger partial charge in [0.15, 0.2) is 5.60 Å².